The molecule has 1 aliphatic rings. The van der Waals surface area contributed by atoms with Gasteiger partial charge in [0, 0.05) is 6.54 Å². The van der Waals surface area contributed by atoms with E-state index in [1.165, 1.54) is 18.2 Å². The maximum atomic E-state index is 12.3. The van der Waals surface area contributed by atoms with Gasteiger partial charge in [0.25, 0.3) is 0 Å². The number of nitrogens with one attached hydrogen (secondary N) is 2. The molecule has 21 heavy (non-hydrogen) atoms. The number of nitro benzene ring substituents is 1. The standard InChI is InChI=1S/C12H18N4O4S/c1-8(9-5-6-9)7-14-21(19,20)11-4-2-3-10(15-13)12(11)16(17)18/h2-4,8-9,14-15H,5-7,13H2,1H3. The highest BCUT2D eigenvalue weighted by atomic mass is 32.2. The maximum absolute atomic E-state index is 12.3. The Balaban J connectivity index is 2.28. The smallest absolute Gasteiger partial charge is 0.313 e. The van der Waals surface area contributed by atoms with Crippen LogP contribution in [-0.2, 0) is 10.0 Å². The summed E-state index contributed by atoms with van der Waals surface area (Å²) in [5, 5.41) is 11.1. The highest BCUT2D eigenvalue weighted by Gasteiger charge is 2.32. The number of hydrogen-bond acceptors (Lipinski definition) is 6. The molecular weight excluding hydrogens is 296 g/mol. The van der Waals surface area contributed by atoms with Gasteiger partial charge in [-0.1, -0.05) is 13.0 Å². The van der Waals surface area contributed by atoms with Gasteiger partial charge in [0.2, 0.25) is 10.0 Å². The van der Waals surface area contributed by atoms with Crippen LogP contribution in [0.25, 0.3) is 0 Å². The van der Waals surface area contributed by atoms with Crippen molar-refractivity contribution in [3.63, 3.8) is 0 Å². The van der Waals surface area contributed by atoms with Crippen LogP contribution in [0.5, 0.6) is 0 Å². The summed E-state index contributed by atoms with van der Waals surface area (Å²) in [5.41, 5.74) is 1.56. The number of para-hydroxylation sites is 1. The number of anilines is 1. The van der Waals surface area contributed by atoms with Crippen molar-refractivity contribution in [2.75, 3.05) is 12.0 Å². The predicted octanol–water partition coefficient (Wildman–Crippen LogP) is 1.20. The summed E-state index contributed by atoms with van der Waals surface area (Å²) < 4.78 is 27.0. The first-order chi connectivity index (χ1) is 9.86. The minimum atomic E-state index is -3.96. The van der Waals surface area contributed by atoms with Gasteiger partial charge in [0.1, 0.15) is 5.69 Å². The van der Waals surface area contributed by atoms with Crippen molar-refractivity contribution in [2.45, 2.75) is 24.7 Å². The minimum absolute atomic E-state index is 0.0434. The molecule has 0 radical (unpaired) electrons. The van der Waals surface area contributed by atoms with Crippen LogP contribution in [0.2, 0.25) is 0 Å². The molecule has 9 heteroatoms. The van der Waals surface area contributed by atoms with Crippen LogP contribution in [0.4, 0.5) is 11.4 Å². The number of rotatable bonds is 7. The van der Waals surface area contributed by atoms with Gasteiger partial charge in [0.05, 0.1) is 4.92 Å². The Labute approximate surface area is 122 Å². The van der Waals surface area contributed by atoms with Crippen LogP contribution in [0.1, 0.15) is 19.8 Å². The lowest BCUT2D eigenvalue weighted by molar-refractivity contribution is -0.386. The second-order valence-electron chi connectivity index (χ2n) is 5.22. The third kappa shape index (κ3) is 3.49. The van der Waals surface area contributed by atoms with E-state index in [2.05, 4.69) is 10.1 Å². The number of hydrogen-bond donors (Lipinski definition) is 3. The average molecular weight is 314 g/mol. The summed E-state index contributed by atoms with van der Waals surface area (Å²) in [5.74, 6) is 5.96. The fourth-order valence-electron chi connectivity index (χ4n) is 2.19. The number of nitrogens with zero attached hydrogens (tertiary/aromatic N) is 1. The topological polar surface area (TPSA) is 127 Å². The Morgan fingerprint density at radius 2 is 2.14 bits per heavy atom. The highest BCUT2D eigenvalue weighted by molar-refractivity contribution is 7.89. The lowest BCUT2D eigenvalue weighted by Crippen LogP contribution is -2.30. The van der Waals surface area contributed by atoms with Crippen LogP contribution in [-0.4, -0.2) is 19.9 Å². The molecule has 0 saturated heterocycles. The highest BCUT2D eigenvalue weighted by Crippen LogP contribution is 2.36. The van der Waals surface area contributed by atoms with Crippen LogP contribution >= 0.6 is 0 Å². The summed E-state index contributed by atoms with van der Waals surface area (Å²) in [6, 6.07) is 3.95. The molecule has 1 saturated carbocycles. The molecule has 0 aliphatic heterocycles. The van der Waals surface area contributed by atoms with Gasteiger partial charge >= 0.3 is 5.69 Å². The zero-order chi connectivity index (χ0) is 15.6. The average Bonchev–Trinajstić information content (AvgIpc) is 3.28. The van der Waals surface area contributed by atoms with E-state index in [9.17, 15) is 18.5 Å². The molecule has 0 amide bonds. The van der Waals surface area contributed by atoms with E-state index in [1.807, 2.05) is 6.92 Å². The molecule has 1 aliphatic carbocycles. The lowest BCUT2D eigenvalue weighted by Gasteiger charge is -2.13. The molecule has 1 aromatic rings. The Bertz CT molecular complexity index is 643. The van der Waals surface area contributed by atoms with Gasteiger partial charge in [-0.05, 0) is 36.8 Å². The summed E-state index contributed by atoms with van der Waals surface area (Å²) in [7, 11) is -3.96. The molecule has 0 spiro atoms. The van der Waals surface area contributed by atoms with Gasteiger partial charge in [-0.3, -0.25) is 16.0 Å². The number of hydrazine groups is 1. The number of nitro groups is 1. The second kappa shape index (κ2) is 5.96. The molecule has 1 fully saturated rings. The van der Waals surface area contributed by atoms with E-state index in [-0.39, 0.29) is 23.0 Å². The molecule has 1 aromatic carbocycles. The molecular formula is C12H18N4O4S. The molecule has 1 atom stereocenters. The third-order valence-corrected chi connectivity index (χ3v) is 5.10. The van der Waals surface area contributed by atoms with Gasteiger partial charge in [-0.25, -0.2) is 13.1 Å². The third-order valence-electron chi connectivity index (χ3n) is 3.65. The molecule has 8 nitrogen and oxygen atoms in total. The van der Waals surface area contributed by atoms with Crippen molar-refractivity contribution in [3.8, 4) is 0 Å². The quantitative estimate of drug-likeness (QED) is 0.394. The fourth-order valence-corrected chi connectivity index (χ4v) is 3.53. The molecule has 0 bridgehead atoms. The lowest BCUT2D eigenvalue weighted by atomic mass is 10.1. The summed E-state index contributed by atoms with van der Waals surface area (Å²) in [6.07, 6.45) is 2.21. The number of nitrogens with two attached hydrogens (primary N) is 1. The van der Waals surface area contributed by atoms with E-state index < -0.39 is 20.6 Å². The van der Waals surface area contributed by atoms with Crippen molar-refractivity contribution >= 4 is 21.4 Å². The Hall–Kier alpha value is -1.71. The van der Waals surface area contributed by atoms with Gasteiger partial charge in [0.15, 0.2) is 4.90 Å². The fraction of sp³-hybridized carbons (Fsp3) is 0.500. The first-order valence-electron chi connectivity index (χ1n) is 6.60. The van der Waals surface area contributed by atoms with Crippen molar-refractivity contribution in [3.05, 3.63) is 28.3 Å². The zero-order valence-corrected chi connectivity index (χ0v) is 12.4. The first kappa shape index (κ1) is 15.7. The Morgan fingerprint density at radius 1 is 1.48 bits per heavy atom. The van der Waals surface area contributed by atoms with E-state index in [0.717, 1.165) is 12.8 Å². The molecule has 0 aromatic heterocycles. The Kier molecular flexibility index (Phi) is 4.45. The summed E-state index contributed by atoms with van der Waals surface area (Å²) >= 11 is 0. The molecule has 116 valence electrons. The van der Waals surface area contributed by atoms with Crippen molar-refractivity contribution in [1.82, 2.24) is 4.72 Å². The SMILES string of the molecule is CC(CNS(=O)(=O)c1cccc(NN)c1[N+](=O)[O-])C1CC1. The van der Waals surface area contributed by atoms with E-state index in [1.54, 1.807) is 0 Å². The van der Waals surface area contributed by atoms with E-state index >= 15 is 0 Å². The van der Waals surface area contributed by atoms with Crippen LogP contribution in [0.3, 0.4) is 0 Å². The van der Waals surface area contributed by atoms with Crippen LogP contribution < -0.4 is 16.0 Å². The van der Waals surface area contributed by atoms with Gasteiger partial charge in [-0.15, -0.1) is 0 Å². The Morgan fingerprint density at radius 3 is 2.67 bits per heavy atom. The summed E-state index contributed by atoms with van der Waals surface area (Å²) in [6.45, 7) is 2.23. The van der Waals surface area contributed by atoms with Crippen LogP contribution in [0, 0.1) is 22.0 Å². The molecule has 4 N–H and O–H groups in total. The first-order valence-corrected chi connectivity index (χ1v) is 8.09. The zero-order valence-electron chi connectivity index (χ0n) is 11.6. The number of nitrogen functional groups attached to an aromatic ring is 1. The van der Waals surface area contributed by atoms with E-state index in [0.29, 0.717) is 5.92 Å². The maximum Gasteiger partial charge on any atom is 0.313 e. The van der Waals surface area contributed by atoms with Gasteiger partial charge in [-0.2, -0.15) is 0 Å². The van der Waals surface area contributed by atoms with Crippen LogP contribution in [0.15, 0.2) is 23.1 Å². The monoisotopic (exact) mass is 314 g/mol. The van der Waals surface area contributed by atoms with Crippen molar-refractivity contribution in [1.29, 1.82) is 0 Å². The molecule has 1 unspecified atom stereocenters. The number of benzene rings is 1. The van der Waals surface area contributed by atoms with Gasteiger partial charge < -0.3 is 5.43 Å². The largest absolute Gasteiger partial charge is 0.318 e. The second-order valence-corrected chi connectivity index (χ2v) is 6.96. The predicted molar refractivity (Wildman–Crippen MR) is 78.0 cm³/mol. The summed E-state index contributed by atoms with van der Waals surface area (Å²) in [4.78, 5) is 9.98. The number of sulfonamides is 1. The minimum Gasteiger partial charge on any atom is -0.318 e. The normalized spacial score (nSPS) is 16.5. The molecule has 0 heterocycles. The molecule has 2 rings (SSSR count). The van der Waals surface area contributed by atoms with E-state index in [4.69, 9.17) is 5.84 Å². The van der Waals surface area contributed by atoms with Crippen molar-refractivity contribution in [2.24, 2.45) is 17.7 Å². The van der Waals surface area contributed by atoms with Crippen molar-refractivity contribution < 1.29 is 13.3 Å².